The van der Waals surface area contributed by atoms with Crippen molar-refractivity contribution >= 4 is 5.91 Å². The monoisotopic (exact) mass is 411 g/mol. The minimum Gasteiger partial charge on any atom is -0.490 e. The number of ether oxygens (including phenoxy) is 3. The SMILES string of the molecule is CCOc1ccc(CCNC(=O)COc2ccc(-c3nnco3)cc2)cc1OCC. The fourth-order valence-electron chi connectivity index (χ4n) is 2.79. The molecule has 0 radical (unpaired) electrons. The van der Waals surface area contributed by atoms with Gasteiger partial charge in [-0.05, 0) is 62.2 Å². The first-order valence-electron chi connectivity index (χ1n) is 9.84. The Morgan fingerprint density at radius 1 is 1.00 bits per heavy atom. The first-order chi connectivity index (χ1) is 14.7. The van der Waals surface area contributed by atoms with Crippen LogP contribution in [0.4, 0.5) is 0 Å². The van der Waals surface area contributed by atoms with Crippen LogP contribution in [-0.4, -0.2) is 42.5 Å². The Balaban J connectivity index is 1.43. The van der Waals surface area contributed by atoms with E-state index in [4.69, 9.17) is 18.6 Å². The molecule has 1 aromatic heterocycles. The highest BCUT2D eigenvalue weighted by atomic mass is 16.5. The van der Waals surface area contributed by atoms with Crippen LogP contribution in [0.5, 0.6) is 17.2 Å². The van der Waals surface area contributed by atoms with E-state index in [-0.39, 0.29) is 12.5 Å². The largest absolute Gasteiger partial charge is 0.490 e. The molecule has 0 atom stereocenters. The van der Waals surface area contributed by atoms with Crippen molar-refractivity contribution in [2.45, 2.75) is 20.3 Å². The van der Waals surface area contributed by atoms with Crippen molar-refractivity contribution in [1.82, 2.24) is 15.5 Å². The Morgan fingerprint density at radius 2 is 1.77 bits per heavy atom. The van der Waals surface area contributed by atoms with E-state index < -0.39 is 0 Å². The van der Waals surface area contributed by atoms with Crippen LogP contribution in [0.25, 0.3) is 11.5 Å². The van der Waals surface area contributed by atoms with Gasteiger partial charge in [0, 0.05) is 12.1 Å². The Hall–Kier alpha value is -3.55. The zero-order valence-corrected chi connectivity index (χ0v) is 17.1. The molecule has 1 amide bonds. The number of nitrogens with zero attached hydrogens (tertiary/aromatic N) is 2. The number of carbonyl (C=O) groups excluding carboxylic acids is 1. The highest BCUT2D eigenvalue weighted by Gasteiger charge is 2.08. The van der Waals surface area contributed by atoms with Crippen molar-refractivity contribution in [1.29, 1.82) is 0 Å². The maximum absolute atomic E-state index is 12.1. The molecule has 1 N–H and O–H groups in total. The van der Waals surface area contributed by atoms with Gasteiger partial charge in [0.25, 0.3) is 5.91 Å². The summed E-state index contributed by atoms with van der Waals surface area (Å²) in [5.41, 5.74) is 1.84. The number of hydrogen-bond donors (Lipinski definition) is 1. The van der Waals surface area contributed by atoms with Crippen LogP contribution in [0.1, 0.15) is 19.4 Å². The number of benzene rings is 2. The molecule has 0 saturated carbocycles. The van der Waals surface area contributed by atoms with Crippen molar-refractivity contribution in [2.24, 2.45) is 0 Å². The van der Waals surface area contributed by atoms with Crippen LogP contribution in [0, 0.1) is 0 Å². The lowest BCUT2D eigenvalue weighted by Gasteiger charge is -2.13. The van der Waals surface area contributed by atoms with Crippen LogP contribution < -0.4 is 19.5 Å². The molecule has 1 heterocycles. The fourth-order valence-corrected chi connectivity index (χ4v) is 2.79. The second kappa shape index (κ2) is 10.8. The first kappa shape index (κ1) is 21.2. The van der Waals surface area contributed by atoms with E-state index >= 15 is 0 Å². The highest BCUT2D eigenvalue weighted by molar-refractivity contribution is 5.77. The molecule has 0 fully saturated rings. The van der Waals surface area contributed by atoms with E-state index in [1.165, 1.54) is 6.39 Å². The van der Waals surface area contributed by atoms with Gasteiger partial charge in [0.15, 0.2) is 18.1 Å². The topological polar surface area (TPSA) is 95.7 Å². The summed E-state index contributed by atoms with van der Waals surface area (Å²) in [7, 11) is 0. The van der Waals surface area contributed by atoms with E-state index in [0.29, 0.717) is 37.8 Å². The molecule has 0 saturated heterocycles. The van der Waals surface area contributed by atoms with E-state index in [1.54, 1.807) is 24.3 Å². The van der Waals surface area contributed by atoms with Gasteiger partial charge in [-0.15, -0.1) is 10.2 Å². The molecular weight excluding hydrogens is 386 g/mol. The molecule has 0 bridgehead atoms. The van der Waals surface area contributed by atoms with E-state index in [9.17, 15) is 4.79 Å². The normalized spacial score (nSPS) is 10.5. The van der Waals surface area contributed by atoms with Crippen molar-refractivity contribution in [3.63, 3.8) is 0 Å². The lowest BCUT2D eigenvalue weighted by Crippen LogP contribution is -2.30. The number of aromatic nitrogens is 2. The van der Waals surface area contributed by atoms with E-state index in [0.717, 1.165) is 22.6 Å². The Morgan fingerprint density at radius 3 is 2.47 bits per heavy atom. The van der Waals surface area contributed by atoms with E-state index in [2.05, 4.69) is 15.5 Å². The second-order valence-electron chi connectivity index (χ2n) is 6.30. The maximum Gasteiger partial charge on any atom is 0.257 e. The predicted octanol–water partition coefficient (Wildman–Crippen LogP) is 3.27. The third-order valence-corrected chi connectivity index (χ3v) is 4.17. The molecule has 2 aromatic carbocycles. The summed E-state index contributed by atoms with van der Waals surface area (Å²) in [5, 5.41) is 10.3. The predicted molar refractivity (Wildman–Crippen MR) is 111 cm³/mol. The minimum absolute atomic E-state index is 0.0621. The van der Waals surface area contributed by atoms with Crippen molar-refractivity contribution in [3.05, 3.63) is 54.4 Å². The smallest absolute Gasteiger partial charge is 0.257 e. The van der Waals surface area contributed by atoms with Gasteiger partial charge in [-0.25, -0.2) is 0 Å². The van der Waals surface area contributed by atoms with Crippen molar-refractivity contribution in [3.8, 4) is 28.7 Å². The summed E-state index contributed by atoms with van der Waals surface area (Å²) < 4.78 is 21.9. The van der Waals surface area contributed by atoms with Crippen LogP contribution >= 0.6 is 0 Å². The van der Waals surface area contributed by atoms with Gasteiger partial charge < -0.3 is 23.9 Å². The number of nitrogens with one attached hydrogen (secondary N) is 1. The van der Waals surface area contributed by atoms with Crippen LogP contribution in [-0.2, 0) is 11.2 Å². The Bertz CT molecular complexity index is 926. The molecule has 0 spiro atoms. The number of rotatable bonds is 11. The summed E-state index contributed by atoms with van der Waals surface area (Å²) in [4.78, 5) is 12.1. The van der Waals surface area contributed by atoms with Gasteiger partial charge in [0.05, 0.1) is 13.2 Å². The first-order valence-corrected chi connectivity index (χ1v) is 9.84. The molecular formula is C22H25N3O5. The van der Waals surface area contributed by atoms with Gasteiger partial charge >= 0.3 is 0 Å². The van der Waals surface area contributed by atoms with Gasteiger partial charge in [-0.2, -0.15) is 0 Å². The molecule has 0 unspecified atom stereocenters. The average Bonchev–Trinajstić information content (AvgIpc) is 3.30. The molecule has 0 aliphatic carbocycles. The molecule has 30 heavy (non-hydrogen) atoms. The lowest BCUT2D eigenvalue weighted by atomic mass is 10.1. The molecule has 158 valence electrons. The molecule has 0 aliphatic heterocycles. The molecule has 0 aliphatic rings. The maximum atomic E-state index is 12.1. The average molecular weight is 411 g/mol. The minimum atomic E-state index is -0.188. The fraction of sp³-hybridized carbons (Fsp3) is 0.318. The van der Waals surface area contributed by atoms with Gasteiger partial charge in [-0.3, -0.25) is 4.79 Å². The van der Waals surface area contributed by atoms with Crippen LogP contribution in [0.3, 0.4) is 0 Å². The lowest BCUT2D eigenvalue weighted by molar-refractivity contribution is -0.123. The summed E-state index contributed by atoms with van der Waals surface area (Å²) in [6, 6.07) is 12.9. The zero-order chi connectivity index (χ0) is 21.2. The van der Waals surface area contributed by atoms with Gasteiger partial charge in [0.2, 0.25) is 12.3 Å². The molecule has 8 heteroatoms. The summed E-state index contributed by atoms with van der Waals surface area (Å²) >= 11 is 0. The summed E-state index contributed by atoms with van der Waals surface area (Å²) in [6.07, 6.45) is 1.95. The summed E-state index contributed by atoms with van der Waals surface area (Å²) in [6.45, 7) is 5.44. The Kier molecular flexibility index (Phi) is 7.65. The quantitative estimate of drug-likeness (QED) is 0.517. The van der Waals surface area contributed by atoms with E-state index in [1.807, 2.05) is 32.0 Å². The number of carbonyl (C=O) groups is 1. The van der Waals surface area contributed by atoms with Gasteiger partial charge in [0.1, 0.15) is 5.75 Å². The second-order valence-corrected chi connectivity index (χ2v) is 6.30. The van der Waals surface area contributed by atoms with Crippen molar-refractivity contribution < 1.29 is 23.4 Å². The number of amides is 1. The zero-order valence-electron chi connectivity index (χ0n) is 17.1. The molecule has 3 aromatic rings. The summed E-state index contributed by atoms with van der Waals surface area (Å²) in [5.74, 6) is 2.27. The third-order valence-electron chi connectivity index (χ3n) is 4.17. The van der Waals surface area contributed by atoms with Crippen molar-refractivity contribution in [2.75, 3.05) is 26.4 Å². The number of hydrogen-bond acceptors (Lipinski definition) is 7. The molecule has 3 rings (SSSR count). The van der Waals surface area contributed by atoms with Crippen LogP contribution in [0.15, 0.2) is 53.3 Å². The van der Waals surface area contributed by atoms with Crippen LogP contribution in [0.2, 0.25) is 0 Å². The standard InChI is InChI=1S/C22H25N3O5/c1-3-27-19-10-5-16(13-20(19)28-4-2)11-12-23-21(26)14-29-18-8-6-17(7-9-18)22-25-24-15-30-22/h5-10,13,15H,3-4,11-12,14H2,1-2H3,(H,23,26). The highest BCUT2D eigenvalue weighted by Crippen LogP contribution is 2.28. The third kappa shape index (κ3) is 5.97. The Labute approximate surface area is 175 Å². The molecule has 8 nitrogen and oxygen atoms in total. The van der Waals surface area contributed by atoms with Gasteiger partial charge in [-0.1, -0.05) is 6.07 Å².